The second-order valence-corrected chi connectivity index (χ2v) is 19.4. The van der Waals surface area contributed by atoms with Crippen molar-refractivity contribution < 1.29 is 17.1 Å². The number of hydrogen-bond acceptors (Lipinski definition) is 2. The Kier molecular flexibility index (Phi) is 16.6. The molecule has 0 aliphatic rings. The van der Waals surface area contributed by atoms with Gasteiger partial charge >= 0.3 is 0 Å². The van der Waals surface area contributed by atoms with Gasteiger partial charge in [0, 0.05) is 41.2 Å². The van der Waals surface area contributed by atoms with Gasteiger partial charge in [0.2, 0.25) is 0 Å². The standard InChI is InChI=1S/C32H45N2P.C24H18N.Cu/c1-22(2)33(23(3)4)29-20-26(9)16-18-31(29)35(28-14-12-11-13-15-28)32-19-17-27(10)21-30(32)34(24(5)6)25(7)8;25-24-22(19-12-6-2-7-13-19)16-21(18-10-4-1-5-11-18)17-23(24)20-14-8-3-9-15-20;/h11-25H,1-10H3;1-17,25H;/q;-1;/p+1. The third-order valence-corrected chi connectivity index (χ3v) is 13.9. The van der Waals surface area contributed by atoms with Crippen LogP contribution in [0.1, 0.15) is 66.5 Å². The summed E-state index contributed by atoms with van der Waals surface area (Å²) in [6.07, 6.45) is 0. The molecule has 0 aliphatic carbocycles. The number of benzene rings is 7. The Morgan fingerprint density at radius 3 is 1.07 bits per heavy atom. The first-order valence-electron chi connectivity index (χ1n) is 21.6. The molecule has 7 aromatic rings. The molecule has 0 spiro atoms. The van der Waals surface area contributed by atoms with Crippen molar-refractivity contribution in [3.8, 4) is 33.4 Å². The molecule has 0 heterocycles. The molecule has 0 amide bonds. The minimum atomic E-state index is -1.27. The van der Waals surface area contributed by atoms with E-state index in [1.54, 1.807) is 0 Å². The molecule has 0 saturated carbocycles. The Morgan fingerprint density at radius 1 is 0.393 bits per heavy atom. The fraction of sp³-hybridized carbons (Fsp3) is 0.250. The minimum Gasteiger partial charge on any atom is -0.698 e. The van der Waals surface area contributed by atoms with Gasteiger partial charge in [0.15, 0.2) is 0 Å². The molecule has 7 rings (SSSR count). The van der Waals surface area contributed by atoms with Crippen molar-refractivity contribution in [1.82, 2.24) is 0 Å². The topological polar surface area (TPSA) is 30.3 Å². The number of rotatable bonds is 12. The van der Waals surface area contributed by atoms with E-state index in [0.717, 1.165) is 33.4 Å². The minimum absolute atomic E-state index is 0. The summed E-state index contributed by atoms with van der Waals surface area (Å²) < 4.78 is 0. The Balaban J connectivity index is 0.000000238. The molecule has 0 saturated heterocycles. The Morgan fingerprint density at radius 2 is 0.721 bits per heavy atom. The van der Waals surface area contributed by atoms with E-state index in [0.29, 0.717) is 29.9 Å². The largest absolute Gasteiger partial charge is 0.698 e. The van der Waals surface area contributed by atoms with Crippen molar-refractivity contribution in [3.05, 3.63) is 187 Å². The molecule has 0 aliphatic heterocycles. The van der Waals surface area contributed by atoms with Gasteiger partial charge in [-0.15, -0.1) is 5.69 Å². The van der Waals surface area contributed by atoms with Gasteiger partial charge in [0.25, 0.3) is 0 Å². The molecule has 61 heavy (non-hydrogen) atoms. The second kappa shape index (κ2) is 21.6. The van der Waals surface area contributed by atoms with Gasteiger partial charge in [-0.2, -0.15) is 0 Å². The quantitative estimate of drug-likeness (QED) is 0.0904. The van der Waals surface area contributed by atoms with Gasteiger partial charge in [-0.25, -0.2) is 0 Å². The van der Waals surface area contributed by atoms with Crippen molar-refractivity contribution in [1.29, 1.82) is 0 Å². The molecular formula is C56H64CuN3P. The van der Waals surface area contributed by atoms with Crippen LogP contribution < -0.4 is 25.7 Å². The third-order valence-electron chi connectivity index (χ3n) is 11.1. The first kappa shape index (κ1) is 46.9. The zero-order valence-electron chi connectivity index (χ0n) is 37.7. The van der Waals surface area contributed by atoms with Crippen molar-refractivity contribution in [3.63, 3.8) is 0 Å². The van der Waals surface area contributed by atoms with E-state index in [4.69, 9.17) is 5.73 Å². The molecular weight excluding hydrogens is 809 g/mol. The fourth-order valence-corrected chi connectivity index (χ4v) is 11.5. The van der Waals surface area contributed by atoms with E-state index in [9.17, 15) is 0 Å². The van der Waals surface area contributed by atoms with Crippen LogP contribution >= 0.6 is 7.92 Å². The molecule has 7 aromatic carbocycles. The van der Waals surface area contributed by atoms with Crippen LogP contribution in [0.25, 0.3) is 39.1 Å². The van der Waals surface area contributed by atoms with Gasteiger partial charge in [0.1, 0.15) is 23.8 Å². The van der Waals surface area contributed by atoms with Gasteiger partial charge in [-0.3, -0.25) is 0 Å². The van der Waals surface area contributed by atoms with Crippen molar-refractivity contribution >= 4 is 40.9 Å². The van der Waals surface area contributed by atoms with Crippen LogP contribution in [0.5, 0.6) is 0 Å². The smallest absolute Gasteiger partial charge is 0.125 e. The van der Waals surface area contributed by atoms with Crippen LogP contribution in [-0.4, -0.2) is 24.2 Å². The summed E-state index contributed by atoms with van der Waals surface area (Å²) in [5.41, 5.74) is 21.1. The summed E-state index contributed by atoms with van der Waals surface area (Å²) in [4.78, 5) is 5.21. The summed E-state index contributed by atoms with van der Waals surface area (Å²) in [6, 6.07) is 62.2. The molecule has 0 fully saturated rings. The average Bonchev–Trinajstić information content (AvgIpc) is 3.23. The third kappa shape index (κ3) is 11.2. The molecule has 0 atom stereocenters. The van der Waals surface area contributed by atoms with E-state index >= 15 is 0 Å². The molecule has 0 unspecified atom stereocenters. The summed E-state index contributed by atoms with van der Waals surface area (Å²) in [7, 11) is -1.27. The van der Waals surface area contributed by atoms with Crippen LogP contribution in [0, 0.1) is 13.8 Å². The predicted octanol–water partition coefficient (Wildman–Crippen LogP) is 14.4. The fourth-order valence-electron chi connectivity index (χ4n) is 8.63. The van der Waals surface area contributed by atoms with Crippen LogP contribution in [0.15, 0.2) is 170 Å². The molecule has 0 bridgehead atoms. The van der Waals surface area contributed by atoms with Gasteiger partial charge in [0.05, 0.1) is 11.4 Å². The maximum Gasteiger partial charge on any atom is 0.125 e. The average molecular weight is 874 g/mol. The number of anilines is 2. The van der Waals surface area contributed by atoms with Gasteiger partial charge < -0.3 is 15.5 Å². The van der Waals surface area contributed by atoms with Crippen LogP contribution in [0.2, 0.25) is 0 Å². The summed E-state index contributed by atoms with van der Waals surface area (Å²) in [6.45, 7) is 23.0. The Bertz CT molecular complexity index is 2280. The van der Waals surface area contributed by atoms with Crippen molar-refractivity contribution in [2.75, 3.05) is 9.80 Å². The zero-order valence-corrected chi connectivity index (χ0v) is 39.6. The summed E-state index contributed by atoms with van der Waals surface area (Å²) in [5, 5.41) is 4.39. The maximum atomic E-state index is 8.78. The first-order valence-corrected chi connectivity index (χ1v) is 23.1. The predicted molar refractivity (Wildman–Crippen MR) is 268 cm³/mol. The molecule has 1 radical (unpaired) electrons. The Labute approximate surface area is 379 Å². The van der Waals surface area contributed by atoms with E-state index < -0.39 is 7.92 Å². The number of aryl methyl sites for hydroxylation is 2. The van der Waals surface area contributed by atoms with E-state index in [2.05, 4.69) is 194 Å². The number of nitrogens with zero attached hydrogens (tertiary/aromatic N) is 2. The van der Waals surface area contributed by atoms with Crippen molar-refractivity contribution in [2.45, 2.75) is 93.4 Å². The summed E-state index contributed by atoms with van der Waals surface area (Å²) >= 11 is 0. The van der Waals surface area contributed by atoms with E-state index in [1.165, 1.54) is 38.4 Å². The zero-order chi connectivity index (χ0) is 42.9. The molecule has 0 aromatic heterocycles. The SMILES string of the molecule is Cc1ccc([PH+](c2ccccc2)c2ccc(C)cc2N(C(C)C)C(C)C)c(N(C(C)C)C(C)C)c1.[Cu].[NH-]c1c(-c2ccccc2)cc(-c2ccccc2)cc1-c1ccccc1. The molecule has 319 valence electrons. The van der Waals surface area contributed by atoms with Crippen molar-refractivity contribution in [2.24, 2.45) is 0 Å². The van der Waals surface area contributed by atoms with E-state index in [-0.39, 0.29) is 17.1 Å². The van der Waals surface area contributed by atoms with Crippen LogP contribution in [0.4, 0.5) is 17.1 Å². The van der Waals surface area contributed by atoms with Crippen LogP contribution in [-0.2, 0) is 17.1 Å². The van der Waals surface area contributed by atoms with Crippen LogP contribution in [0.3, 0.4) is 0 Å². The number of nitrogens with one attached hydrogen (secondary N) is 1. The molecule has 5 heteroatoms. The van der Waals surface area contributed by atoms with Gasteiger partial charge in [-0.05, 0) is 162 Å². The van der Waals surface area contributed by atoms with Gasteiger partial charge in [-0.1, -0.05) is 121 Å². The number of hydrogen-bond donors (Lipinski definition) is 0. The first-order chi connectivity index (χ1) is 28.8. The second-order valence-electron chi connectivity index (χ2n) is 17.0. The normalized spacial score (nSPS) is 11.1. The summed E-state index contributed by atoms with van der Waals surface area (Å²) in [5.74, 6) is 0. The van der Waals surface area contributed by atoms with E-state index in [1.807, 2.05) is 54.6 Å². The Hall–Kier alpha value is -5.11. The maximum absolute atomic E-state index is 8.78. The molecule has 1 N–H and O–H groups in total. The monoisotopic (exact) mass is 872 g/mol. The molecule has 3 nitrogen and oxygen atoms in total.